The molecule has 33 heavy (non-hydrogen) atoms. The third-order valence-electron chi connectivity index (χ3n) is 10.0. The van der Waals surface area contributed by atoms with Crippen LogP contribution in [0.15, 0.2) is 42.0 Å². The van der Waals surface area contributed by atoms with Gasteiger partial charge in [0.1, 0.15) is 11.9 Å². The predicted molar refractivity (Wildman–Crippen MR) is 131 cm³/mol. The third kappa shape index (κ3) is 4.00. The van der Waals surface area contributed by atoms with Crippen molar-refractivity contribution in [2.75, 3.05) is 0 Å². The molecule has 0 amide bonds. The molecule has 3 saturated carbocycles. The minimum absolute atomic E-state index is 0.143. The van der Waals surface area contributed by atoms with Gasteiger partial charge in [-0.15, -0.1) is 0 Å². The van der Waals surface area contributed by atoms with Gasteiger partial charge in [-0.2, -0.15) is 0 Å². The predicted octanol–water partition coefficient (Wildman–Crippen LogP) is 6.70. The van der Waals surface area contributed by atoms with E-state index >= 15 is 0 Å². The normalized spacial score (nSPS) is 42.4. The van der Waals surface area contributed by atoms with Gasteiger partial charge in [0.05, 0.1) is 0 Å². The van der Waals surface area contributed by atoms with E-state index in [0.29, 0.717) is 29.1 Å². The molecule has 0 bridgehead atoms. The van der Waals surface area contributed by atoms with E-state index in [4.69, 9.17) is 7.48 Å². The van der Waals surface area contributed by atoms with Crippen LogP contribution in [0.3, 0.4) is 0 Å². The van der Waals surface area contributed by atoms with Crippen LogP contribution in [-0.4, -0.2) is 17.9 Å². The van der Waals surface area contributed by atoms with Crippen LogP contribution in [0.2, 0.25) is 0 Å². The Morgan fingerprint density at radius 1 is 1.06 bits per heavy atom. The summed E-state index contributed by atoms with van der Waals surface area (Å²) in [6, 6.07) is 9.12. The van der Waals surface area contributed by atoms with Crippen molar-refractivity contribution in [1.82, 2.24) is 0 Å². The number of aryl methyl sites for hydroxylation is 1. The molecule has 0 saturated heterocycles. The zero-order valence-electron chi connectivity index (χ0n) is 22.4. The molecule has 4 aliphatic carbocycles. The van der Waals surface area contributed by atoms with Gasteiger partial charge >= 0.3 is 5.97 Å². The Morgan fingerprint density at radius 2 is 1.85 bits per heavy atom. The maximum absolute atomic E-state index is 12.8. The SMILES string of the molecule is [2H]C(C(=O)OC1CC[C@@]2(C)C(=CC[C@H]3[C@@H]4CC[C@H](C(C)=O)[C@@]4(C)CC[C@@H]32)C1)C([2H])c1ccccc1. The number of hydrogen-bond donors (Lipinski definition) is 0. The Morgan fingerprint density at radius 3 is 2.61 bits per heavy atom. The van der Waals surface area contributed by atoms with E-state index in [0.717, 1.165) is 38.5 Å². The maximum atomic E-state index is 12.8. The molecular weight excluding hydrogens is 408 g/mol. The molecule has 3 nitrogen and oxygen atoms in total. The Hall–Kier alpha value is -1.90. The lowest BCUT2D eigenvalue weighted by Gasteiger charge is -2.58. The molecule has 0 N–H and O–H groups in total. The van der Waals surface area contributed by atoms with Crippen LogP contribution >= 0.6 is 0 Å². The number of carbonyl (C=O) groups excluding carboxylic acids is 2. The van der Waals surface area contributed by atoms with E-state index in [1.54, 1.807) is 19.1 Å². The van der Waals surface area contributed by atoms with E-state index in [1.165, 1.54) is 18.4 Å². The fraction of sp³-hybridized carbons (Fsp3) is 0.667. The summed E-state index contributed by atoms with van der Waals surface area (Å²) >= 11 is 0. The molecule has 178 valence electrons. The van der Waals surface area contributed by atoms with Crippen LogP contribution in [-0.2, 0) is 20.7 Å². The standard InChI is InChI=1S/C30H40O3/c1-20(31)25-12-13-26-24-11-10-22-19-23(33-28(32)14-9-21-7-5-4-6-8-21)15-17-29(22,2)27(24)16-18-30(25,26)3/h4-8,10,23-27H,9,11-19H2,1-3H3/t23?,24-,25+,26-,27-,29-,30+/m0/s1/i9D,14D/t9?,14?,23?,24-,25+,26-,27-,29-,30+. The van der Waals surface area contributed by atoms with Gasteiger partial charge in [-0.3, -0.25) is 9.59 Å². The average Bonchev–Trinajstić information content (AvgIpc) is 3.21. The molecule has 0 spiro atoms. The Bertz CT molecular complexity index is 1010. The Kier molecular flexibility index (Phi) is 5.40. The van der Waals surface area contributed by atoms with Gasteiger partial charge in [0, 0.05) is 21.5 Å². The van der Waals surface area contributed by atoms with Crippen molar-refractivity contribution < 1.29 is 17.1 Å². The highest BCUT2D eigenvalue weighted by Gasteiger charge is 2.59. The van der Waals surface area contributed by atoms with E-state index in [1.807, 2.05) is 18.2 Å². The fourth-order valence-corrected chi connectivity index (χ4v) is 8.33. The molecule has 3 heteroatoms. The van der Waals surface area contributed by atoms with Crippen molar-refractivity contribution in [3.05, 3.63) is 47.5 Å². The maximum Gasteiger partial charge on any atom is 0.306 e. The lowest BCUT2D eigenvalue weighted by Crippen LogP contribution is -2.51. The number of hydrogen-bond acceptors (Lipinski definition) is 3. The molecule has 0 radical (unpaired) electrons. The first-order valence-electron chi connectivity index (χ1n) is 14.1. The summed E-state index contributed by atoms with van der Waals surface area (Å²) in [5, 5.41) is 0. The first-order valence-corrected chi connectivity index (χ1v) is 12.9. The summed E-state index contributed by atoms with van der Waals surface area (Å²) in [7, 11) is 0. The largest absolute Gasteiger partial charge is 0.462 e. The molecule has 0 aliphatic heterocycles. The van der Waals surface area contributed by atoms with E-state index < -0.39 is 18.8 Å². The number of esters is 1. The van der Waals surface area contributed by atoms with Gasteiger partial charge in [-0.05, 0) is 92.4 Å². The summed E-state index contributed by atoms with van der Waals surface area (Å²) in [6.07, 6.45) is 8.29. The van der Waals surface area contributed by atoms with Crippen molar-refractivity contribution in [2.45, 2.75) is 91.0 Å². The molecule has 3 unspecified atom stereocenters. The smallest absolute Gasteiger partial charge is 0.306 e. The monoisotopic (exact) mass is 450 g/mol. The van der Waals surface area contributed by atoms with Crippen LogP contribution in [0.25, 0.3) is 0 Å². The average molecular weight is 451 g/mol. The Balaban J connectivity index is 1.26. The van der Waals surface area contributed by atoms with Crippen molar-refractivity contribution in [3.63, 3.8) is 0 Å². The molecule has 0 heterocycles. The van der Waals surface area contributed by atoms with Crippen molar-refractivity contribution in [3.8, 4) is 0 Å². The first kappa shape index (κ1) is 20.5. The highest BCUT2D eigenvalue weighted by Crippen LogP contribution is 2.66. The second-order valence-corrected chi connectivity index (χ2v) is 11.6. The summed E-state index contributed by atoms with van der Waals surface area (Å²) in [4.78, 5) is 25.1. The molecule has 3 fully saturated rings. The highest BCUT2D eigenvalue weighted by molar-refractivity contribution is 5.79. The fourth-order valence-electron chi connectivity index (χ4n) is 8.33. The van der Waals surface area contributed by atoms with Crippen LogP contribution in [0.4, 0.5) is 0 Å². The van der Waals surface area contributed by atoms with Gasteiger partial charge in [0.2, 0.25) is 0 Å². The molecule has 5 rings (SSSR count). The Labute approximate surface area is 202 Å². The van der Waals surface area contributed by atoms with Crippen molar-refractivity contribution in [2.24, 2.45) is 34.5 Å². The molecule has 4 aliphatic rings. The van der Waals surface area contributed by atoms with E-state index in [-0.39, 0.29) is 22.9 Å². The van der Waals surface area contributed by atoms with Crippen LogP contribution in [0.1, 0.15) is 86.8 Å². The van der Waals surface area contributed by atoms with Crippen LogP contribution in [0.5, 0.6) is 0 Å². The number of ketones is 1. The first-order chi connectivity index (χ1) is 16.6. The molecule has 0 aromatic heterocycles. The van der Waals surface area contributed by atoms with E-state index in [2.05, 4.69) is 19.9 Å². The van der Waals surface area contributed by atoms with Crippen LogP contribution in [0, 0.1) is 34.5 Å². The lowest BCUT2D eigenvalue weighted by atomic mass is 9.47. The van der Waals surface area contributed by atoms with Gasteiger partial charge in [-0.25, -0.2) is 0 Å². The molecule has 1 aromatic rings. The highest BCUT2D eigenvalue weighted by atomic mass is 16.5. The number of benzene rings is 1. The molecule has 9 atom stereocenters. The van der Waals surface area contributed by atoms with Gasteiger partial charge in [0.25, 0.3) is 0 Å². The summed E-state index contributed by atoms with van der Waals surface area (Å²) in [6.45, 7) is 6.60. The minimum Gasteiger partial charge on any atom is -0.462 e. The quantitative estimate of drug-likeness (QED) is 0.370. The zero-order valence-corrected chi connectivity index (χ0v) is 20.4. The number of ether oxygens (including phenoxy) is 1. The van der Waals surface area contributed by atoms with Crippen molar-refractivity contribution in [1.29, 1.82) is 0 Å². The molecule has 1 aromatic carbocycles. The summed E-state index contributed by atoms with van der Waals surface area (Å²) < 4.78 is 22.5. The lowest BCUT2D eigenvalue weighted by molar-refractivity contribution is -0.151. The zero-order chi connectivity index (χ0) is 25.0. The number of carbonyl (C=O) groups is 2. The second kappa shape index (κ2) is 8.71. The summed E-state index contributed by atoms with van der Waals surface area (Å²) in [5.74, 6) is 1.96. The second-order valence-electron chi connectivity index (χ2n) is 11.6. The number of fused-ring (bicyclic) bond motifs is 5. The number of allylic oxidation sites excluding steroid dienone is 1. The number of rotatable bonds is 5. The van der Waals surface area contributed by atoms with Gasteiger partial charge in [-0.1, -0.05) is 55.8 Å². The third-order valence-corrected chi connectivity index (χ3v) is 10.0. The van der Waals surface area contributed by atoms with Crippen LogP contribution < -0.4 is 0 Å². The molecular formula is C30H40O3. The van der Waals surface area contributed by atoms with E-state index in [9.17, 15) is 9.59 Å². The van der Waals surface area contributed by atoms with Gasteiger partial charge < -0.3 is 4.74 Å². The summed E-state index contributed by atoms with van der Waals surface area (Å²) in [5.41, 5.74) is 2.41. The minimum atomic E-state index is -1.23. The number of Topliss-reactive ketones (excluding diaryl/α,β-unsaturated/α-hetero) is 1. The van der Waals surface area contributed by atoms with Gasteiger partial charge in [0.15, 0.2) is 0 Å². The van der Waals surface area contributed by atoms with Crippen molar-refractivity contribution >= 4 is 11.8 Å². The topological polar surface area (TPSA) is 43.4 Å².